The van der Waals surface area contributed by atoms with E-state index in [0.29, 0.717) is 69.2 Å². The van der Waals surface area contributed by atoms with Gasteiger partial charge in [-0.15, -0.1) is 0 Å². The zero-order valence-electron chi connectivity index (χ0n) is 79.1. The summed E-state index contributed by atoms with van der Waals surface area (Å²) in [6.45, 7) is 21.5. The smallest absolute Gasteiger partial charge is 0.252 e. The second-order valence-electron chi connectivity index (χ2n) is 42.5. The van der Waals surface area contributed by atoms with Gasteiger partial charge in [-0.25, -0.2) is 0 Å². The van der Waals surface area contributed by atoms with Crippen molar-refractivity contribution < 1.29 is 8.22 Å². The molecule has 6 saturated carbocycles. The largest absolute Gasteiger partial charge is 0.339 e. The van der Waals surface area contributed by atoms with Crippen molar-refractivity contribution in [2.24, 2.45) is 70.0 Å². The number of rotatable bonds is 10. The van der Waals surface area contributed by atoms with Gasteiger partial charge in [0, 0.05) is 101 Å². The maximum atomic E-state index is 12.4. The summed E-state index contributed by atoms with van der Waals surface area (Å²) >= 11 is 0. The van der Waals surface area contributed by atoms with E-state index in [2.05, 4.69) is 285 Å². The van der Waals surface area contributed by atoms with Crippen molar-refractivity contribution in [2.45, 2.75) is 234 Å². The Morgan fingerprint density at radius 1 is 0.289 bits per heavy atom. The number of anilines is 4. The Bertz CT molecular complexity index is 6350. The van der Waals surface area contributed by atoms with E-state index in [1.807, 2.05) is 0 Å². The Hall–Kier alpha value is -9.72. The Balaban J connectivity index is 0.869. The number of nitrogens with zero attached hydrogens (tertiary/aromatic N) is 6. The van der Waals surface area contributed by atoms with Crippen LogP contribution in [0, 0.1) is 70.0 Å². The van der Waals surface area contributed by atoms with Crippen molar-refractivity contribution in [1.29, 1.82) is 0 Å². The molecule has 0 saturated heterocycles. The molecule has 15 aromatic rings. The molecule has 0 bridgehead atoms. The van der Waals surface area contributed by atoms with Crippen LogP contribution in [0.25, 0.3) is 110 Å². The van der Waals surface area contributed by atoms with Crippen LogP contribution < -0.4 is 26.2 Å². The van der Waals surface area contributed by atoms with Crippen molar-refractivity contribution in [2.75, 3.05) is 9.80 Å². The number of hydrogen-bond donors (Lipinski definition) is 0. The summed E-state index contributed by atoms with van der Waals surface area (Å²) in [4.78, 5) is 5.67. The van der Waals surface area contributed by atoms with E-state index in [9.17, 15) is 8.22 Å². The lowest BCUT2D eigenvalue weighted by atomic mass is 9.33. The molecular weight excluding hydrogens is 1460 g/mol. The van der Waals surface area contributed by atoms with Gasteiger partial charge in [0.1, 0.15) is 0 Å². The standard InChI is InChI=1S/C114H125BN6/c1-112(2,3)76-62-91(72-34-14-10-15-35-72)110(92(63-76)73-36-16-11-17-37-73)120-105-70-81(118-101-52-32-26-46-87(101)89-58-54-79(68-103(89)118)116-97-48-28-22-42-83(97)84-43-23-29-49-98(84)116)56-60-95(105)115-96-61-57-82(119-102-53-33-27-47-88(102)90-59-55-80(69-104(90)119)117-99-50-30-24-44-85(99)86-45-25-31-51-100(86)117)71-106(96)121(108-67-78(114(7,8)9)66-107(120)109(108)115)111-93(74-38-18-12-19-39-74)64-77(113(4,5)6)65-94(111)75-40-20-13-21-41-75/h22-33,42-61,66-77,91-94,110-111H,10-21,34-41,62-65H2,1-9H3/i56D,57D,60D,61D,70D,71D. The van der Waals surface area contributed by atoms with Crippen molar-refractivity contribution in [3.8, 4) is 22.7 Å². The normalized spacial score (nSPS) is 24.0. The van der Waals surface area contributed by atoms with Gasteiger partial charge in [0.2, 0.25) is 0 Å². The van der Waals surface area contributed by atoms with E-state index in [4.69, 9.17) is 0 Å². The Labute approximate surface area is 727 Å². The number of hydrogen-bond acceptors (Lipinski definition) is 2. The zero-order valence-corrected chi connectivity index (χ0v) is 73.1. The maximum Gasteiger partial charge on any atom is 0.252 e. The predicted octanol–water partition coefficient (Wildman–Crippen LogP) is 29.2. The first-order valence-electron chi connectivity index (χ1n) is 50.6. The summed E-state index contributed by atoms with van der Waals surface area (Å²) in [6, 6.07) is 71.4. The first kappa shape index (κ1) is 69.8. The van der Waals surface area contributed by atoms with Crippen molar-refractivity contribution in [3.05, 3.63) is 236 Å². The fourth-order valence-electron chi connectivity index (χ4n) is 27.0. The maximum absolute atomic E-state index is 12.4. The molecule has 6 nitrogen and oxygen atoms in total. The van der Waals surface area contributed by atoms with E-state index < -0.39 is 12.1 Å². The Morgan fingerprint density at radius 3 is 0.843 bits per heavy atom. The highest BCUT2D eigenvalue weighted by Crippen LogP contribution is 2.60. The monoisotopic (exact) mass is 1600 g/mol. The quantitative estimate of drug-likeness (QED) is 0.128. The molecule has 11 aromatic carbocycles. The highest BCUT2D eigenvalue weighted by atomic mass is 15.2. The first-order valence-corrected chi connectivity index (χ1v) is 47.6. The summed E-state index contributed by atoms with van der Waals surface area (Å²) in [5.74, 6) is 3.61. The van der Waals surface area contributed by atoms with Gasteiger partial charge in [0.25, 0.3) is 6.71 Å². The van der Waals surface area contributed by atoms with Crippen LogP contribution >= 0.6 is 0 Å². The van der Waals surface area contributed by atoms with E-state index in [1.54, 1.807) is 0 Å². The van der Waals surface area contributed by atoms with E-state index in [-0.39, 0.29) is 82.8 Å². The summed E-state index contributed by atoms with van der Waals surface area (Å²) in [5, 5.41) is 8.78. The molecule has 6 fully saturated rings. The molecule has 6 aliphatic carbocycles. The molecule has 4 unspecified atom stereocenters. The van der Waals surface area contributed by atoms with Crippen molar-refractivity contribution in [1.82, 2.24) is 18.3 Å². The summed E-state index contributed by atoms with van der Waals surface area (Å²) in [5.41, 5.74) is 17.4. The minimum Gasteiger partial charge on any atom is -0.339 e. The molecule has 7 heteroatoms. The van der Waals surface area contributed by atoms with Gasteiger partial charge < -0.3 is 28.1 Å². The summed E-state index contributed by atoms with van der Waals surface area (Å²) in [6.07, 6.45) is 28.3. The lowest BCUT2D eigenvalue weighted by Crippen LogP contribution is -2.67. The van der Waals surface area contributed by atoms with Crippen LogP contribution in [0.2, 0.25) is 0 Å². The second kappa shape index (κ2) is 29.5. The van der Waals surface area contributed by atoms with Crippen LogP contribution in [0.1, 0.15) is 230 Å². The lowest BCUT2D eigenvalue weighted by Gasteiger charge is -2.59. The molecule has 8 aliphatic rings. The topological polar surface area (TPSA) is 26.2 Å². The molecule has 0 spiro atoms. The van der Waals surface area contributed by atoms with Crippen molar-refractivity contribution in [3.63, 3.8) is 0 Å². The molecule has 4 atom stereocenters. The van der Waals surface area contributed by atoms with Crippen molar-refractivity contribution >= 4 is 133 Å². The molecular formula is C114H125BN6. The number of benzene rings is 11. The third-order valence-corrected chi connectivity index (χ3v) is 33.0. The second-order valence-corrected chi connectivity index (χ2v) is 42.5. The van der Waals surface area contributed by atoms with Gasteiger partial charge in [-0.1, -0.05) is 324 Å². The third-order valence-electron chi connectivity index (χ3n) is 33.0. The van der Waals surface area contributed by atoms with Gasteiger partial charge in [-0.05, 0) is 220 Å². The average molecular weight is 1600 g/mol. The predicted molar refractivity (Wildman–Crippen MR) is 517 cm³/mol. The van der Waals surface area contributed by atoms with E-state index >= 15 is 0 Å². The fraction of sp³-hybridized carbons (Fsp3) is 0.421. The first-order chi connectivity index (χ1) is 61.5. The number of fused-ring (bicyclic) bond motifs is 16. The fourth-order valence-corrected chi connectivity index (χ4v) is 27.0. The van der Waals surface area contributed by atoms with Gasteiger partial charge in [0.15, 0.2) is 0 Å². The molecule has 0 N–H and O–H groups in total. The van der Waals surface area contributed by atoms with Crippen LogP contribution in [0.15, 0.2) is 230 Å². The van der Waals surface area contributed by atoms with Crippen LogP contribution in [0.4, 0.5) is 22.7 Å². The van der Waals surface area contributed by atoms with Gasteiger partial charge in [-0.3, -0.25) is 0 Å². The molecule has 0 radical (unpaired) electrons. The van der Waals surface area contributed by atoms with Crippen LogP contribution in [0.5, 0.6) is 0 Å². The molecule has 23 rings (SSSR count). The van der Waals surface area contributed by atoms with Gasteiger partial charge in [0.05, 0.1) is 52.4 Å². The number of aromatic nitrogens is 4. The minimum absolute atomic E-state index is 0.0158. The zero-order chi connectivity index (χ0) is 86.7. The summed E-state index contributed by atoms with van der Waals surface area (Å²) < 4.78 is 81.1. The van der Waals surface area contributed by atoms with Crippen LogP contribution in [-0.2, 0) is 5.41 Å². The molecule has 4 aromatic heterocycles. The average Bonchev–Trinajstić information content (AvgIpc) is 1.08. The number of para-hydroxylation sites is 6. The molecule has 2 aliphatic heterocycles. The Morgan fingerprint density at radius 2 is 0.562 bits per heavy atom. The Kier molecular flexibility index (Phi) is 17.0. The highest BCUT2D eigenvalue weighted by Gasteiger charge is 2.57. The van der Waals surface area contributed by atoms with E-state index in [1.165, 1.54) is 156 Å². The lowest BCUT2D eigenvalue weighted by molar-refractivity contribution is 0.0144. The van der Waals surface area contributed by atoms with E-state index in [0.717, 1.165) is 120 Å². The van der Waals surface area contributed by atoms with Crippen LogP contribution in [-0.4, -0.2) is 37.1 Å². The highest BCUT2D eigenvalue weighted by molar-refractivity contribution is 7.00. The van der Waals surface area contributed by atoms with Crippen LogP contribution in [0.3, 0.4) is 0 Å². The molecule has 0 amide bonds. The SMILES string of the molecule is [2H]c1c([2H])c(-n2c3ccccc3c3ccc(-n4c5ccccc5c5ccccc54)cc32)c([2H])c2c1B1c3c(cc(C(C)(C)C)cc3N(C3C(C4CCCCC4)CC(C(C)(C)C)CC3C3CCCCC3)c3c([2H])c(-n4c5ccccc5c5ccc(-n6c7ccccc7c7ccccc76)cc54)c([2H])c([2H])c31)N2C1C(C2CCCCC2)CC(C(C)(C)C)CC1C1CCCCC1. The summed E-state index contributed by atoms with van der Waals surface area (Å²) in [7, 11) is 0. The minimum atomic E-state index is -0.916. The molecule has 614 valence electrons. The van der Waals surface area contributed by atoms with Gasteiger partial charge in [-0.2, -0.15) is 0 Å². The third kappa shape index (κ3) is 12.5. The molecule has 6 heterocycles. The van der Waals surface area contributed by atoms with Gasteiger partial charge >= 0.3 is 0 Å². The molecule has 121 heavy (non-hydrogen) atoms.